The summed E-state index contributed by atoms with van der Waals surface area (Å²) in [6.07, 6.45) is 9.27. The fourth-order valence-corrected chi connectivity index (χ4v) is 4.96. The van der Waals surface area contributed by atoms with Gasteiger partial charge in [-0.2, -0.15) is 0 Å². The molecule has 0 atom stereocenters. The maximum absolute atomic E-state index is 15.3. The molecule has 0 radical (unpaired) electrons. The Balaban J connectivity index is 1.32. The molecule has 3 aromatic heterocycles. The third kappa shape index (κ3) is 5.57. The van der Waals surface area contributed by atoms with Crippen LogP contribution in [0.2, 0.25) is 0 Å². The number of amides is 1. The van der Waals surface area contributed by atoms with E-state index in [0.29, 0.717) is 24.6 Å². The van der Waals surface area contributed by atoms with E-state index in [1.54, 1.807) is 7.05 Å². The minimum atomic E-state index is -0.672. The molecule has 0 bridgehead atoms. The van der Waals surface area contributed by atoms with Crippen molar-refractivity contribution in [1.29, 1.82) is 0 Å². The molecule has 1 aliphatic rings. The lowest BCUT2D eigenvalue weighted by Crippen LogP contribution is -2.35. The first-order valence-corrected chi connectivity index (χ1v) is 13.4. The van der Waals surface area contributed by atoms with Crippen LogP contribution in [0.5, 0.6) is 0 Å². The second-order valence-electron chi connectivity index (χ2n) is 9.89. The summed E-state index contributed by atoms with van der Waals surface area (Å²) in [5.74, 6) is -0.700. The lowest BCUT2D eigenvalue weighted by atomic mass is 10.1. The summed E-state index contributed by atoms with van der Waals surface area (Å²) in [7, 11) is 1.59. The highest BCUT2D eigenvalue weighted by Crippen LogP contribution is 2.33. The smallest absolute Gasteiger partial charge is 0.253 e. The van der Waals surface area contributed by atoms with Gasteiger partial charge in [0.05, 0.1) is 11.1 Å². The van der Waals surface area contributed by atoms with E-state index >= 15 is 4.39 Å². The Bertz CT molecular complexity index is 1490. The second-order valence-corrected chi connectivity index (χ2v) is 9.89. The molecule has 0 unspecified atom stereocenters. The maximum Gasteiger partial charge on any atom is 0.253 e. The number of carbonyl (C=O) groups excluding carboxylic acids is 1. The number of nitrogens with zero attached hydrogens (tertiary/aromatic N) is 7. The Morgan fingerprint density at radius 1 is 1.12 bits per heavy atom. The van der Waals surface area contributed by atoms with E-state index in [2.05, 4.69) is 37.1 Å². The predicted molar refractivity (Wildman–Crippen MR) is 148 cm³/mol. The summed E-state index contributed by atoms with van der Waals surface area (Å²) in [6, 6.07) is 4.07. The van der Waals surface area contributed by atoms with Gasteiger partial charge in [0, 0.05) is 63.5 Å². The molecule has 10 nitrogen and oxygen atoms in total. The van der Waals surface area contributed by atoms with Gasteiger partial charge < -0.3 is 24.8 Å². The zero-order valence-electron chi connectivity index (χ0n) is 22.5. The van der Waals surface area contributed by atoms with Crippen molar-refractivity contribution in [3.63, 3.8) is 0 Å². The topological polar surface area (TPSA) is 112 Å². The third-order valence-corrected chi connectivity index (χ3v) is 7.27. The molecule has 0 aliphatic carbocycles. The number of aliphatic hydroxyl groups is 1. The van der Waals surface area contributed by atoms with Gasteiger partial charge in [-0.1, -0.05) is 6.92 Å². The summed E-state index contributed by atoms with van der Waals surface area (Å²) in [5, 5.41) is 12.0. The van der Waals surface area contributed by atoms with Crippen LogP contribution in [-0.4, -0.2) is 73.7 Å². The molecule has 210 valence electrons. The number of aromatic nitrogens is 5. The van der Waals surface area contributed by atoms with Crippen molar-refractivity contribution in [3.05, 3.63) is 65.9 Å². The minimum absolute atomic E-state index is 0.0192. The molecule has 2 N–H and O–H groups in total. The van der Waals surface area contributed by atoms with Crippen molar-refractivity contribution in [3.8, 4) is 0 Å². The number of aryl methyl sites for hydroxylation is 1. The van der Waals surface area contributed by atoms with E-state index < -0.39 is 11.6 Å². The molecular weight excluding hydrogens is 518 g/mol. The fraction of sp³-hybridized carbons (Fsp3) is 0.393. The molecule has 1 aromatic carbocycles. The first-order chi connectivity index (χ1) is 19.4. The molecule has 1 saturated heterocycles. The Hall–Kier alpha value is -4.19. The van der Waals surface area contributed by atoms with Crippen molar-refractivity contribution in [2.24, 2.45) is 0 Å². The van der Waals surface area contributed by atoms with Crippen molar-refractivity contribution in [2.75, 3.05) is 43.5 Å². The number of nitrogens with one attached hydrogen (secondary N) is 1. The number of piperidine rings is 1. The van der Waals surface area contributed by atoms with Gasteiger partial charge in [0.15, 0.2) is 5.82 Å². The van der Waals surface area contributed by atoms with Gasteiger partial charge in [0.2, 0.25) is 5.95 Å². The monoisotopic (exact) mass is 550 g/mol. The second kappa shape index (κ2) is 11.9. The van der Waals surface area contributed by atoms with Gasteiger partial charge in [0.25, 0.3) is 5.91 Å². The van der Waals surface area contributed by atoms with Gasteiger partial charge in [-0.05, 0) is 49.4 Å². The molecule has 0 spiro atoms. The van der Waals surface area contributed by atoms with Crippen molar-refractivity contribution in [2.45, 2.75) is 38.6 Å². The van der Waals surface area contributed by atoms with Crippen LogP contribution in [0.15, 0.2) is 43.1 Å². The summed E-state index contributed by atoms with van der Waals surface area (Å²) in [6.45, 7) is 3.82. The van der Waals surface area contributed by atoms with Gasteiger partial charge in [-0.15, -0.1) is 0 Å². The van der Waals surface area contributed by atoms with Crippen LogP contribution in [-0.2, 0) is 6.42 Å². The van der Waals surface area contributed by atoms with Crippen molar-refractivity contribution in [1.82, 2.24) is 29.4 Å². The summed E-state index contributed by atoms with van der Waals surface area (Å²) >= 11 is 0. The Labute approximate surface area is 230 Å². The van der Waals surface area contributed by atoms with Crippen molar-refractivity contribution < 1.29 is 18.7 Å². The van der Waals surface area contributed by atoms with Gasteiger partial charge >= 0.3 is 0 Å². The van der Waals surface area contributed by atoms with Crippen LogP contribution in [0.3, 0.4) is 0 Å². The number of benzene rings is 1. The third-order valence-electron chi connectivity index (χ3n) is 7.27. The number of fused-ring (bicyclic) bond motifs is 1. The highest BCUT2D eigenvalue weighted by molar-refractivity contribution is 5.95. The average Bonchev–Trinajstić information content (AvgIpc) is 3.33. The lowest BCUT2D eigenvalue weighted by molar-refractivity contribution is 0.0786. The van der Waals surface area contributed by atoms with E-state index in [0.717, 1.165) is 44.0 Å². The molecule has 1 fully saturated rings. The number of halogens is 2. The molecule has 40 heavy (non-hydrogen) atoms. The molecule has 1 aliphatic heterocycles. The normalized spacial score (nSPS) is 14.1. The van der Waals surface area contributed by atoms with Crippen LogP contribution in [0.4, 0.5) is 26.2 Å². The van der Waals surface area contributed by atoms with E-state index in [-0.39, 0.29) is 41.0 Å². The largest absolute Gasteiger partial charge is 0.396 e. The molecule has 12 heteroatoms. The maximum atomic E-state index is 15.3. The Morgan fingerprint density at radius 2 is 1.88 bits per heavy atom. The number of rotatable bonds is 9. The quantitative estimate of drug-likeness (QED) is 0.320. The Morgan fingerprint density at radius 3 is 2.55 bits per heavy atom. The highest BCUT2D eigenvalue weighted by Gasteiger charge is 2.26. The van der Waals surface area contributed by atoms with Crippen LogP contribution in [0.1, 0.15) is 48.1 Å². The molecule has 4 aromatic rings. The first kappa shape index (κ1) is 27.4. The predicted octanol–water partition coefficient (Wildman–Crippen LogP) is 4.10. The standard InChI is InChI=1S/C28H32F2N8O2/c1-3-18-14-31-28(32-15-18)37-10-7-20(8-11-37)38-16-22(30)24-25(33-17-34-26(24)38)35-23-6-5-19(13-21(23)29)27(40)36(2)9-4-12-39/h5-6,13-17,20,39H,3-4,7-12H2,1-2H3,(H,33,34,35). The first-order valence-electron chi connectivity index (χ1n) is 13.4. The van der Waals surface area contributed by atoms with Gasteiger partial charge in [0.1, 0.15) is 23.6 Å². The number of hydrogen-bond acceptors (Lipinski definition) is 8. The lowest BCUT2D eigenvalue weighted by Gasteiger charge is -2.32. The zero-order chi connectivity index (χ0) is 28.2. The summed E-state index contributed by atoms with van der Waals surface area (Å²) in [5.41, 5.74) is 1.74. The number of aliphatic hydroxyl groups excluding tert-OH is 1. The van der Waals surface area contributed by atoms with Crippen LogP contribution in [0, 0.1) is 11.6 Å². The summed E-state index contributed by atoms with van der Waals surface area (Å²) in [4.78, 5) is 33.6. The number of hydrogen-bond donors (Lipinski definition) is 2. The molecule has 0 saturated carbocycles. The van der Waals surface area contributed by atoms with Crippen LogP contribution in [0.25, 0.3) is 11.0 Å². The molecule has 5 rings (SSSR count). The minimum Gasteiger partial charge on any atom is -0.396 e. The fourth-order valence-electron chi connectivity index (χ4n) is 4.96. The van der Waals surface area contributed by atoms with Crippen LogP contribution >= 0.6 is 0 Å². The highest BCUT2D eigenvalue weighted by atomic mass is 19.1. The SMILES string of the molecule is CCc1cnc(N2CCC(n3cc(F)c4c(Nc5ccc(C(=O)N(C)CCCO)cc5F)ncnc43)CC2)nc1. The molecule has 1 amide bonds. The number of anilines is 3. The molecular formula is C28H32F2N8O2. The van der Waals surface area contributed by atoms with E-state index in [1.165, 1.54) is 29.6 Å². The average molecular weight is 551 g/mol. The number of carbonyl (C=O) groups is 1. The van der Waals surface area contributed by atoms with Crippen LogP contribution < -0.4 is 10.2 Å². The van der Waals surface area contributed by atoms with Gasteiger partial charge in [-0.3, -0.25) is 4.79 Å². The van der Waals surface area contributed by atoms with E-state index in [9.17, 15) is 9.18 Å². The Kier molecular flexibility index (Phi) is 8.15. The summed E-state index contributed by atoms with van der Waals surface area (Å²) < 4.78 is 32.1. The van der Waals surface area contributed by atoms with Gasteiger partial charge in [-0.25, -0.2) is 28.7 Å². The van der Waals surface area contributed by atoms with E-state index in [1.807, 2.05) is 17.0 Å². The van der Waals surface area contributed by atoms with E-state index in [4.69, 9.17) is 5.11 Å². The van der Waals surface area contributed by atoms with Crippen molar-refractivity contribution >= 4 is 34.4 Å². The molecule has 4 heterocycles. The zero-order valence-corrected chi connectivity index (χ0v) is 22.5.